The Kier molecular flexibility index (Phi) is 6.10. The Bertz CT molecular complexity index is 1270. The Morgan fingerprint density at radius 1 is 0.970 bits per heavy atom. The van der Waals surface area contributed by atoms with Crippen molar-refractivity contribution in [3.8, 4) is 11.5 Å². The average molecular weight is 459 g/mol. The summed E-state index contributed by atoms with van der Waals surface area (Å²) >= 11 is 6.01. The van der Waals surface area contributed by atoms with Gasteiger partial charge in [-0.3, -0.25) is 4.79 Å². The molecule has 1 amide bonds. The van der Waals surface area contributed by atoms with E-state index in [9.17, 15) is 4.79 Å². The lowest BCUT2D eigenvalue weighted by atomic mass is 9.87. The zero-order valence-corrected chi connectivity index (χ0v) is 19.5. The molecule has 1 saturated heterocycles. The van der Waals surface area contributed by atoms with E-state index in [2.05, 4.69) is 54.2 Å². The smallest absolute Gasteiger partial charge is 0.223 e. The van der Waals surface area contributed by atoms with Gasteiger partial charge in [-0.05, 0) is 66.4 Å². The van der Waals surface area contributed by atoms with Crippen molar-refractivity contribution in [1.82, 2.24) is 9.47 Å². The molecule has 0 radical (unpaired) electrons. The minimum atomic E-state index is -0.0574. The van der Waals surface area contributed by atoms with Gasteiger partial charge in [-0.1, -0.05) is 41.9 Å². The SMILES string of the molecule is Cn1cc(C(CC(=O)N2CCCC2)c2cccc(Oc3ccc(Cl)cc3)c2)c2ccccc21. The third-order valence-corrected chi connectivity index (χ3v) is 6.70. The van der Waals surface area contributed by atoms with E-state index in [1.54, 1.807) is 0 Å². The van der Waals surface area contributed by atoms with Gasteiger partial charge in [0.25, 0.3) is 0 Å². The monoisotopic (exact) mass is 458 g/mol. The normalized spacial score (nSPS) is 14.5. The molecule has 5 rings (SSSR count). The summed E-state index contributed by atoms with van der Waals surface area (Å²) in [7, 11) is 2.06. The summed E-state index contributed by atoms with van der Waals surface area (Å²) in [5.41, 5.74) is 3.41. The van der Waals surface area contributed by atoms with E-state index in [0.29, 0.717) is 11.4 Å². The number of para-hydroxylation sites is 1. The standard InChI is InChI=1S/C28H27ClN2O2/c1-30-19-26(24-9-2-3-10-27(24)30)25(18-28(32)31-15-4-5-16-31)20-7-6-8-23(17-20)33-22-13-11-21(29)12-14-22/h2-3,6-14,17,19,25H,4-5,15-16,18H2,1H3. The summed E-state index contributed by atoms with van der Waals surface area (Å²) in [6, 6.07) is 23.8. The molecule has 1 fully saturated rings. The fourth-order valence-corrected chi connectivity index (χ4v) is 4.89. The van der Waals surface area contributed by atoms with Gasteiger partial charge in [0.2, 0.25) is 5.91 Å². The van der Waals surface area contributed by atoms with Crippen molar-refractivity contribution in [3.63, 3.8) is 0 Å². The number of nitrogens with zero attached hydrogens (tertiary/aromatic N) is 2. The second-order valence-electron chi connectivity index (χ2n) is 8.69. The van der Waals surface area contributed by atoms with E-state index in [4.69, 9.17) is 16.3 Å². The lowest BCUT2D eigenvalue weighted by Crippen LogP contribution is -2.29. The van der Waals surface area contributed by atoms with E-state index in [0.717, 1.165) is 43.0 Å². The van der Waals surface area contributed by atoms with Gasteiger partial charge in [-0.2, -0.15) is 0 Å². The summed E-state index contributed by atoms with van der Waals surface area (Å²) in [6.07, 6.45) is 4.79. The molecule has 1 aliphatic rings. The Hall–Kier alpha value is -3.24. The van der Waals surface area contributed by atoms with Crippen LogP contribution in [0.5, 0.6) is 11.5 Å². The van der Waals surface area contributed by atoms with E-state index in [1.807, 2.05) is 41.3 Å². The lowest BCUT2D eigenvalue weighted by molar-refractivity contribution is -0.130. The molecule has 3 aromatic carbocycles. The van der Waals surface area contributed by atoms with Crippen LogP contribution in [0.25, 0.3) is 10.9 Å². The van der Waals surface area contributed by atoms with Crippen LogP contribution >= 0.6 is 11.6 Å². The van der Waals surface area contributed by atoms with Gasteiger partial charge >= 0.3 is 0 Å². The van der Waals surface area contributed by atoms with Crippen molar-refractivity contribution >= 4 is 28.4 Å². The van der Waals surface area contributed by atoms with Gasteiger partial charge in [-0.15, -0.1) is 0 Å². The Labute approximate surface area is 199 Å². The molecular formula is C28H27ClN2O2. The molecule has 4 nitrogen and oxygen atoms in total. The first-order chi connectivity index (χ1) is 16.1. The van der Waals surface area contributed by atoms with Crippen LogP contribution in [0.2, 0.25) is 5.02 Å². The number of amides is 1. The van der Waals surface area contributed by atoms with Crippen molar-refractivity contribution < 1.29 is 9.53 Å². The quantitative estimate of drug-likeness (QED) is 0.319. The van der Waals surface area contributed by atoms with Gasteiger partial charge in [0.05, 0.1) is 0 Å². The average Bonchev–Trinajstić information content (AvgIpc) is 3.48. The second-order valence-corrected chi connectivity index (χ2v) is 9.12. The van der Waals surface area contributed by atoms with Crippen LogP contribution in [-0.4, -0.2) is 28.5 Å². The maximum absolute atomic E-state index is 13.2. The fraction of sp³-hybridized carbons (Fsp3) is 0.250. The molecule has 0 saturated carbocycles. The van der Waals surface area contributed by atoms with Gasteiger partial charge in [0.1, 0.15) is 11.5 Å². The van der Waals surface area contributed by atoms with E-state index in [-0.39, 0.29) is 11.8 Å². The maximum Gasteiger partial charge on any atom is 0.223 e. The second kappa shape index (κ2) is 9.32. The summed E-state index contributed by atoms with van der Waals surface area (Å²) in [4.78, 5) is 15.2. The number of benzene rings is 3. The van der Waals surface area contributed by atoms with Crippen LogP contribution in [-0.2, 0) is 11.8 Å². The van der Waals surface area contributed by atoms with Crippen LogP contribution in [0.3, 0.4) is 0 Å². The molecule has 0 N–H and O–H groups in total. The van der Waals surface area contributed by atoms with E-state index in [1.165, 1.54) is 16.5 Å². The predicted molar refractivity (Wildman–Crippen MR) is 133 cm³/mol. The number of hydrogen-bond acceptors (Lipinski definition) is 2. The summed E-state index contributed by atoms with van der Waals surface area (Å²) < 4.78 is 8.24. The highest BCUT2D eigenvalue weighted by atomic mass is 35.5. The zero-order valence-electron chi connectivity index (χ0n) is 18.7. The Morgan fingerprint density at radius 2 is 1.73 bits per heavy atom. The highest BCUT2D eigenvalue weighted by molar-refractivity contribution is 6.30. The maximum atomic E-state index is 13.2. The van der Waals surface area contributed by atoms with Crippen molar-refractivity contribution in [3.05, 3.63) is 95.1 Å². The summed E-state index contributed by atoms with van der Waals surface area (Å²) in [6.45, 7) is 1.72. The number of aromatic nitrogens is 1. The number of carbonyl (C=O) groups excluding carboxylic acids is 1. The molecule has 0 aliphatic carbocycles. The molecule has 0 spiro atoms. The number of aryl methyl sites for hydroxylation is 1. The van der Waals surface area contributed by atoms with E-state index >= 15 is 0 Å². The van der Waals surface area contributed by atoms with Crippen LogP contribution in [0.15, 0.2) is 79.0 Å². The van der Waals surface area contributed by atoms with E-state index < -0.39 is 0 Å². The first kappa shape index (κ1) is 21.6. The number of ether oxygens (including phenoxy) is 1. The first-order valence-electron chi connectivity index (χ1n) is 11.4. The first-order valence-corrected chi connectivity index (χ1v) is 11.8. The molecule has 5 heteroatoms. The fourth-order valence-electron chi connectivity index (χ4n) is 4.76. The minimum Gasteiger partial charge on any atom is -0.457 e. The van der Waals surface area contributed by atoms with Gasteiger partial charge in [0.15, 0.2) is 0 Å². The molecule has 1 aliphatic heterocycles. The third-order valence-electron chi connectivity index (χ3n) is 6.45. The van der Waals surface area contributed by atoms with Gasteiger partial charge < -0.3 is 14.2 Å². The number of likely N-dealkylation sites (tertiary alicyclic amines) is 1. The van der Waals surface area contributed by atoms with Crippen LogP contribution in [0, 0.1) is 0 Å². The molecule has 0 bridgehead atoms. The molecule has 168 valence electrons. The van der Waals surface area contributed by atoms with Gasteiger partial charge in [0, 0.05) is 54.6 Å². The lowest BCUT2D eigenvalue weighted by Gasteiger charge is -2.22. The Morgan fingerprint density at radius 3 is 2.52 bits per heavy atom. The third kappa shape index (κ3) is 4.62. The number of rotatable bonds is 6. The molecular weight excluding hydrogens is 432 g/mol. The predicted octanol–water partition coefficient (Wildman–Crippen LogP) is 6.77. The molecule has 33 heavy (non-hydrogen) atoms. The van der Waals surface area contributed by atoms with Crippen molar-refractivity contribution in [2.45, 2.75) is 25.2 Å². The molecule has 1 atom stereocenters. The van der Waals surface area contributed by atoms with Crippen molar-refractivity contribution in [1.29, 1.82) is 0 Å². The van der Waals surface area contributed by atoms with Crippen LogP contribution in [0.1, 0.15) is 36.3 Å². The number of carbonyl (C=O) groups is 1. The van der Waals surface area contributed by atoms with Crippen LogP contribution in [0.4, 0.5) is 0 Å². The highest BCUT2D eigenvalue weighted by Gasteiger charge is 2.26. The number of fused-ring (bicyclic) bond motifs is 1. The minimum absolute atomic E-state index is 0.0574. The molecule has 1 unspecified atom stereocenters. The molecule has 2 heterocycles. The highest BCUT2D eigenvalue weighted by Crippen LogP contribution is 2.37. The zero-order chi connectivity index (χ0) is 22.8. The number of hydrogen-bond donors (Lipinski definition) is 0. The molecule has 4 aromatic rings. The van der Waals surface area contributed by atoms with Gasteiger partial charge in [-0.25, -0.2) is 0 Å². The summed E-state index contributed by atoms with van der Waals surface area (Å²) in [5, 5.41) is 1.86. The van der Waals surface area contributed by atoms with Crippen molar-refractivity contribution in [2.75, 3.05) is 13.1 Å². The van der Waals surface area contributed by atoms with Crippen molar-refractivity contribution in [2.24, 2.45) is 7.05 Å². The summed E-state index contributed by atoms with van der Waals surface area (Å²) in [5.74, 6) is 1.63. The number of halogens is 1. The molecule has 1 aromatic heterocycles. The topological polar surface area (TPSA) is 34.5 Å². The Balaban J connectivity index is 1.52. The van der Waals surface area contributed by atoms with Crippen LogP contribution < -0.4 is 4.74 Å². The largest absolute Gasteiger partial charge is 0.457 e.